The Bertz CT molecular complexity index is 937. The van der Waals surface area contributed by atoms with Crippen molar-refractivity contribution in [3.63, 3.8) is 0 Å². The van der Waals surface area contributed by atoms with E-state index in [1.165, 1.54) is 18.2 Å². The summed E-state index contributed by atoms with van der Waals surface area (Å²) in [5.41, 5.74) is 0.449. The van der Waals surface area contributed by atoms with Crippen LogP contribution in [0.25, 0.3) is 0 Å². The first-order valence-corrected chi connectivity index (χ1v) is 9.88. The maximum Gasteiger partial charge on any atom is 0.314 e. The molecule has 9 nitrogen and oxygen atoms in total. The normalized spacial score (nSPS) is 16.6. The highest BCUT2D eigenvalue weighted by atomic mass is 19.1. The molecule has 0 spiro atoms. The fraction of sp³-hybridized carbons (Fsp3) is 0.381. The summed E-state index contributed by atoms with van der Waals surface area (Å²) in [6.07, 6.45) is -0.264. The van der Waals surface area contributed by atoms with Gasteiger partial charge in [0.1, 0.15) is 5.82 Å². The lowest BCUT2D eigenvalue weighted by molar-refractivity contribution is -0.386. The monoisotopic (exact) mass is 433 g/mol. The smallest absolute Gasteiger partial charge is 0.314 e. The molecule has 1 unspecified atom stereocenters. The molecule has 1 saturated heterocycles. The first kappa shape index (κ1) is 22.4. The molecule has 0 aliphatic carbocycles. The van der Waals surface area contributed by atoms with Crippen molar-refractivity contribution in [3.05, 3.63) is 63.5 Å². The number of nitro benzene ring substituents is 1. The Hall–Kier alpha value is -3.24. The minimum atomic E-state index is -0.745. The molecule has 0 aromatic heterocycles. The summed E-state index contributed by atoms with van der Waals surface area (Å²) in [5.74, 6) is -1.72. The number of phenols is 1. The average Bonchev–Trinajstić information content (AvgIpc) is 2.75. The van der Waals surface area contributed by atoms with Crippen molar-refractivity contribution in [1.82, 2.24) is 10.2 Å². The number of carbonyl (C=O) groups is 1. The first-order valence-electron chi connectivity index (χ1n) is 9.88. The summed E-state index contributed by atoms with van der Waals surface area (Å²) in [7, 11) is 0. The van der Waals surface area contributed by atoms with Gasteiger partial charge in [0.05, 0.1) is 29.8 Å². The van der Waals surface area contributed by atoms with E-state index in [2.05, 4.69) is 10.2 Å². The number of morpholine rings is 1. The molecule has 1 aliphatic heterocycles. The molecule has 0 saturated carbocycles. The summed E-state index contributed by atoms with van der Waals surface area (Å²) in [5, 5.41) is 23.9. The van der Waals surface area contributed by atoms with E-state index in [1.807, 2.05) is 0 Å². The molecule has 0 bridgehead atoms. The number of nitro groups is 1. The number of nitrogens with zero attached hydrogens (tertiary/aromatic N) is 2. The number of amides is 1. The Morgan fingerprint density at radius 2 is 2.10 bits per heavy atom. The van der Waals surface area contributed by atoms with Crippen LogP contribution in [0.2, 0.25) is 0 Å². The maximum atomic E-state index is 13.1. The van der Waals surface area contributed by atoms with Crippen LogP contribution in [0.3, 0.4) is 0 Å². The van der Waals surface area contributed by atoms with Crippen LogP contribution >= 0.6 is 0 Å². The Kier molecular flexibility index (Phi) is 7.37. The fourth-order valence-corrected chi connectivity index (χ4v) is 3.37. The summed E-state index contributed by atoms with van der Waals surface area (Å²) >= 11 is 0. The van der Waals surface area contributed by atoms with E-state index in [9.17, 15) is 24.4 Å². The van der Waals surface area contributed by atoms with E-state index in [0.29, 0.717) is 26.2 Å². The van der Waals surface area contributed by atoms with E-state index in [1.54, 1.807) is 19.1 Å². The number of aromatic hydroxyl groups is 1. The van der Waals surface area contributed by atoms with Gasteiger partial charge in [-0.2, -0.15) is 0 Å². The van der Waals surface area contributed by atoms with Crippen LogP contribution in [0.1, 0.15) is 22.8 Å². The van der Waals surface area contributed by atoms with Crippen LogP contribution in [0.15, 0.2) is 36.4 Å². The van der Waals surface area contributed by atoms with Gasteiger partial charge in [-0.1, -0.05) is 12.1 Å². The third-order valence-corrected chi connectivity index (χ3v) is 4.87. The second-order valence-corrected chi connectivity index (χ2v) is 7.06. The molecule has 1 amide bonds. The third kappa shape index (κ3) is 5.68. The minimum absolute atomic E-state index is 0.00364. The van der Waals surface area contributed by atoms with Gasteiger partial charge < -0.3 is 19.9 Å². The second kappa shape index (κ2) is 10.2. The van der Waals surface area contributed by atoms with Gasteiger partial charge in [-0.05, 0) is 30.7 Å². The molecule has 2 N–H and O–H groups in total. The lowest BCUT2D eigenvalue weighted by atomic mass is 10.1. The lowest BCUT2D eigenvalue weighted by Gasteiger charge is -2.33. The number of phenolic OH excluding ortho intramolecular Hbond substituents is 1. The Morgan fingerprint density at radius 1 is 1.35 bits per heavy atom. The van der Waals surface area contributed by atoms with E-state index in [-0.39, 0.29) is 36.4 Å². The Balaban J connectivity index is 1.61. The average molecular weight is 433 g/mol. The van der Waals surface area contributed by atoms with E-state index >= 15 is 0 Å². The SMILES string of the molecule is CCOc1c(C(=O)NCC2CN(Cc3ccc(F)cc3)CCO2)ccc([N+](=O)[O-])c1O. The molecule has 3 rings (SSSR count). The third-order valence-electron chi connectivity index (χ3n) is 4.87. The van der Waals surface area contributed by atoms with Crippen molar-refractivity contribution in [2.45, 2.75) is 19.6 Å². The maximum absolute atomic E-state index is 13.1. The first-order chi connectivity index (χ1) is 14.9. The molecule has 1 heterocycles. The van der Waals surface area contributed by atoms with Gasteiger partial charge in [0, 0.05) is 32.2 Å². The number of benzene rings is 2. The van der Waals surface area contributed by atoms with Crippen LogP contribution in [0.4, 0.5) is 10.1 Å². The second-order valence-electron chi connectivity index (χ2n) is 7.06. The number of rotatable bonds is 8. The van der Waals surface area contributed by atoms with E-state index in [0.717, 1.165) is 11.6 Å². The molecule has 1 fully saturated rings. The van der Waals surface area contributed by atoms with Gasteiger partial charge in [-0.15, -0.1) is 0 Å². The zero-order valence-electron chi connectivity index (χ0n) is 17.0. The number of ether oxygens (including phenoxy) is 2. The van der Waals surface area contributed by atoms with Crippen molar-refractivity contribution in [1.29, 1.82) is 0 Å². The van der Waals surface area contributed by atoms with Gasteiger partial charge in [0.25, 0.3) is 5.91 Å². The molecular weight excluding hydrogens is 409 g/mol. The van der Waals surface area contributed by atoms with Crippen molar-refractivity contribution in [3.8, 4) is 11.5 Å². The molecule has 2 aromatic rings. The van der Waals surface area contributed by atoms with Crippen molar-refractivity contribution in [2.24, 2.45) is 0 Å². The molecule has 0 radical (unpaired) electrons. The Morgan fingerprint density at radius 3 is 2.77 bits per heavy atom. The quantitative estimate of drug-likeness (QED) is 0.486. The minimum Gasteiger partial charge on any atom is -0.499 e. The topological polar surface area (TPSA) is 114 Å². The van der Waals surface area contributed by atoms with Crippen LogP contribution in [0.5, 0.6) is 11.5 Å². The van der Waals surface area contributed by atoms with E-state index in [4.69, 9.17) is 9.47 Å². The summed E-state index contributed by atoms with van der Waals surface area (Å²) in [6, 6.07) is 8.62. The molecular formula is C21H24FN3O6. The molecule has 1 aliphatic rings. The summed E-state index contributed by atoms with van der Waals surface area (Å²) in [6.45, 7) is 4.39. The zero-order chi connectivity index (χ0) is 22.4. The fourth-order valence-electron chi connectivity index (χ4n) is 3.37. The standard InChI is InChI=1S/C21H24FN3O6/c1-2-30-20-17(7-8-18(19(20)26)25(28)29)21(27)23-11-16-13-24(9-10-31-16)12-14-3-5-15(22)6-4-14/h3-8,16,26H,2,9-13H2,1H3,(H,23,27). The van der Waals surface area contributed by atoms with Crippen molar-refractivity contribution >= 4 is 11.6 Å². The molecule has 1 atom stereocenters. The highest BCUT2D eigenvalue weighted by Crippen LogP contribution is 2.38. The molecule has 166 valence electrons. The van der Waals surface area contributed by atoms with Crippen LogP contribution in [-0.4, -0.2) is 59.8 Å². The van der Waals surface area contributed by atoms with Crippen molar-refractivity contribution in [2.75, 3.05) is 32.8 Å². The number of hydrogen-bond acceptors (Lipinski definition) is 7. The largest absolute Gasteiger partial charge is 0.499 e. The van der Waals surface area contributed by atoms with Gasteiger partial charge in [0.2, 0.25) is 5.75 Å². The van der Waals surface area contributed by atoms with E-state index < -0.39 is 22.3 Å². The molecule has 10 heteroatoms. The van der Waals surface area contributed by atoms with Crippen LogP contribution in [0, 0.1) is 15.9 Å². The van der Waals surface area contributed by atoms with Gasteiger partial charge >= 0.3 is 5.69 Å². The predicted molar refractivity (Wildman–Crippen MR) is 110 cm³/mol. The van der Waals surface area contributed by atoms with Gasteiger partial charge in [0.15, 0.2) is 5.75 Å². The lowest BCUT2D eigenvalue weighted by Crippen LogP contribution is -2.47. The Labute approximate surface area is 178 Å². The predicted octanol–water partition coefficient (Wildman–Crippen LogP) is 2.47. The summed E-state index contributed by atoms with van der Waals surface area (Å²) < 4.78 is 24.1. The van der Waals surface area contributed by atoms with Crippen LogP contribution < -0.4 is 10.1 Å². The summed E-state index contributed by atoms with van der Waals surface area (Å²) in [4.78, 5) is 25.1. The van der Waals surface area contributed by atoms with Gasteiger partial charge in [-0.3, -0.25) is 19.8 Å². The number of carbonyl (C=O) groups excluding carboxylic acids is 1. The number of nitrogens with one attached hydrogen (secondary N) is 1. The highest BCUT2D eigenvalue weighted by molar-refractivity contribution is 5.98. The zero-order valence-corrected chi connectivity index (χ0v) is 17.0. The number of hydrogen-bond donors (Lipinski definition) is 2. The number of halogens is 1. The molecule has 31 heavy (non-hydrogen) atoms. The molecule has 2 aromatic carbocycles. The highest BCUT2D eigenvalue weighted by Gasteiger charge is 2.26. The van der Waals surface area contributed by atoms with Crippen molar-refractivity contribution < 1.29 is 28.7 Å². The van der Waals surface area contributed by atoms with Crippen LogP contribution in [-0.2, 0) is 11.3 Å². The van der Waals surface area contributed by atoms with Gasteiger partial charge in [-0.25, -0.2) is 4.39 Å².